The number of hydrogen-bond donors (Lipinski definition) is 0. The highest BCUT2D eigenvalue weighted by Gasteiger charge is 2.17. The number of allylic oxidation sites excluding steroid dienone is 16. The summed E-state index contributed by atoms with van der Waals surface area (Å²) in [6, 6.07) is 0. The highest BCUT2D eigenvalue weighted by molar-refractivity contribution is 5.70. The Labute approximate surface area is 434 Å². The zero-order chi connectivity index (χ0) is 50.6. The fourth-order valence-electron chi connectivity index (χ4n) is 8.26. The summed E-state index contributed by atoms with van der Waals surface area (Å²) in [6.07, 6.45) is 81.4. The molecule has 0 fully saturated rings. The van der Waals surface area contributed by atoms with Gasteiger partial charge in [-0.1, -0.05) is 266 Å². The number of ether oxygens (including phenoxy) is 3. The van der Waals surface area contributed by atoms with E-state index in [1.807, 2.05) is 0 Å². The number of rotatable bonds is 54. The number of esters is 2. The van der Waals surface area contributed by atoms with Gasteiger partial charge < -0.3 is 14.2 Å². The lowest BCUT2D eigenvalue weighted by molar-refractivity contribution is -0.163. The molecule has 0 aromatic carbocycles. The van der Waals surface area contributed by atoms with Gasteiger partial charge in [0.05, 0.1) is 6.61 Å². The first-order chi connectivity index (χ1) is 34.6. The predicted molar refractivity (Wildman–Crippen MR) is 306 cm³/mol. The molecule has 0 aliphatic carbocycles. The molecule has 0 saturated heterocycles. The second-order valence-corrected chi connectivity index (χ2v) is 19.5. The van der Waals surface area contributed by atoms with Crippen LogP contribution < -0.4 is 0 Å². The lowest BCUT2D eigenvalue weighted by Gasteiger charge is -2.18. The van der Waals surface area contributed by atoms with E-state index in [4.69, 9.17) is 14.2 Å². The summed E-state index contributed by atoms with van der Waals surface area (Å²) >= 11 is 0. The van der Waals surface area contributed by atoms with E-state index in [9.17, 15) is 9.59 Å². The molecule has 0 spiro atoms. The molecule has 0 N–H and O–H groups in total. The van der Waals surface area contributed by atoms with Crippen LogP contribution in [-0.2, 0) is 23.8 Å². The normalized spacial score (nSPS) is 12.9. The second-order valence-electron chi connectivity index (χ2n) is 19.5. The van der Waals surface area contributed by atoms with E-state index < -0.39 is 6.10 Å². The minimum absolute atomic E-state index is 0.0696. The molecule has 0 aliphatic heterocycles. The van der Waals surface area contributed by atoms with E-state index in [-0.39, 0.29) is 25.2 Å². The molecule has 1 atom stereocenters. The summed E-state index contributed by atoms with van der Waals surface area (Å²) in [7, 11) is 0. The van der Waals surface area contributed by atoms with E-state index in [1.54, 1.807) is 0 Å². The van der Waals surface area contributed by atoms with Gasteiger partial charge in [0.15, 0.2) is 6.10 Å². The Kier molecular flexibility index (Phi) is 57.4. The first kappa shape index (κ1) is 66.8. The molecule has 0 radical (unpaired) electrons. The zero-order valence-corrected chi connectivity index (χ0v) is 46.3. The van der Waals surface area contributed by atoms with Crippen molar-refractivity contribution in [1.82, 2.24) is 0 Å². The van der Waals surface area contributed by atoms with Gasteiger partial charge in [-0.25, -0.2) is 0 Å². The van der Waals surface area contributed by atoms with Crippen LogP contribution in [0.3, 0.4) is 0 Å². The van der Waals surface area contributed by atoms with Crippen molar-refractivity contribution in [2.75, 3.05) is 19.8 Å². The number of unbranched alkanes of at least 4 members (excludes halogenated alkanes) is 27. The molecule has 402 valence electrons. The average Bonchev–Trinajstić information content (AvgIpc) is 3.36. The topological polar surface area (TPSA) is 61.8 Å². The quantitative estimate of drug-likeness (QED) is 0.0345. The van der Waals surface area contributed by atoms with Crippen LogP contribution in [0.25, 0.3) is 0 Å². The lowest BCUT2D eigenvalue weighted by Crippen LogP contribution is -2.30. The molecular weight excluding hydrogens is 861 g/mol. The minimum Gasteiger partial charge on any atom is -0.462 e. The van der Waals surface area contributed by atoms with Crippen molar-refractivity contribution in [1.29, 1.82) is 0 Å². The Morgan fingerprint density at radius 1 is 0.329 bits per heavy atom. The van der Waals surface area contributed by atoms with E-state index in [0.717, 1.165) is 116 Å². The van der Waals surface area contributed by atoms with Gasteiger partial charge >= 0.3 is 11.9 Å². The van der Waals surface area contributed by atoms with Gasteiger partial charge in [-0.05, 0) is 96.3 Å². The monoisotopic (exact) mass is 973 g/mol. The van der Waals surface area contributed by atoms with Gasteiger partial charge in [-0.2, -0.15) is 0 Å². The third kappa shape index (κ3) is 57.4. The Balaban J connectivity index is 4.33. The van der Waals surface area contributed by atoms with Crippen molar-refractivity contribution in [3.63, 3.8) is 0 Å². The molecule has 0 aliphatic rings. The molecule has 0 aromatic rings. The van der Waals surface area contributed by atoms with Crippen molar-refractivity contribution in [3.05, 3.63) is 97.2 Å². The highest BCUT2D eigenvalue weighted by atomic mass is 16.6. The van der Waals surface area contributed by atoms with Crippen LogP contribution >= 0.6 is 0 Å². The summed E-state index contributed by atoms with van der Waals surface area (Å²) in [5.41, 5.74) is 0. The maximum Gasteiger partial charge on any atom is 0.306 e. The average molecular weight is 974 g/mol. The summed E-state index contributed by atoms with van der Waals surface area (Å²) in [6.45, 7) is 7.60. The molecule has 0 aromatic heterocycles. The number of hydrogen-bond acceptors (Lipinski definition) is 5. The number of carbonyl (C=O) groups is 2. The van der Waals surface area contributed by atoms with Gasteiger partial charge in [-0.3, -0.25) is 9.59 Å². The standard InChI is InChI=1S/C65H112O5/c1-4-7-10-13-16-19-22-25-28-31-33-35-37-40-43-46-49-52-55-58-64(66)69-62-63(61-68-60-57-54-51-48-45-42-39-30-27-24-21-18-15-12-9-6-3)70-65(67)59-56-53-50-47-44-41-38-36-34-32-29-26-23-20-17-14-11-8-5-2/h7-8,10-11,16-17,19-20,25-26,28-29,33-36,63H,4-6,9,12-15,18,21-24,27,30-32,37-62H2,1-3H3/b10-7-,11-8-,19-16-,20-17-,28-25-,29-26-,35-33-,36-34-. The Bertz CT molecular complexity index is 1330. The van der Waals surface area contributed by atoms with Crippen molar-refractivity contribution in [2.24, 2.45) is 0 Å². The maximum atomic E-state index is 12.9. The van der Waals surface area contributed by atoms with Gasteiger partial charge in [0.2, 0.25) is 0 Å². The van der Waals surface area contributed by atoms with Crippen molar-refractivity contribution < 1.29 is 23.8 Å². The highest BCUT2D eigenvalue weighted by Crippen LogP contribution is 2.15. The fourth-order valence-corrected chi connectivity index (χ4v) is 8.26. The van der Waals surface area contributed by atoms with Crippen LogP contribution in [0.4, 0.5) is 0 Å². The SMILES string of the molecule is CC/C=C\C/C=C\C/C=C\C/C=C\CCCCCCCCC(=O)OCC(COCCCCCCCCCCCCCCCCCC)OC(=O)CCCCCCCC/C=C\C/C=C\C/C=C\C/C=C\CC. The fraction of sp³-hybridized carbons (Fsp3) is 0.723. The molecule has 0 saturated carbocycles. The molecule has 1 unspecified atom stereocenters. The van der Waals surface area contributed by atoms with Crippen molar-refractivity contribution in [3.8, 4) is 0 Å². The molecule has 0 amide bonds. The van der Waals surface area contributed by atoms with Gasteiger partial charge in [0, 0.05) is 19.4 Å². The predicted octanol–water partition coefficient (Wildman–Crippen LogP) is 20.6. The van der Waals surface area contributed by atoms with Crippen LogP contribution in [0.5, 0.6) is 0 Å². The zero-order valence-electron chi connectivity index (χ0n) is 46.3. The lowest BCUT2D eigenvalue weighted by atomic mass is 10.0. The van der Waals surface area contributed by atoms with Gasteiger partial charge in [0.25, 0.3) is 0 Å². The van der Waals surface area contributed by atoms with E-state index in [2.05, 4.69) is 118 Å². The van der Waals surface area contributed by atoms with Crippen LogP contribution in [0.15, 0.2) is 97.2 Å². The third-order valence-electron chi connectivity index (χ3n) is 12.6. The van der Waals surface area contributed by atoms with Crippen molar-refractivity contribution in [2.45, 2.75) is 284 Å². The minimum atomic E-state index is -0.555. The summed E-state index contributed by atoms with van der Waals surface area (Å²) in [5, 5.41) is 0. The molecule has 0 heterocycles. The van der Waals surface area contributed by atoms with Crippen LogP contribution in [0.1, 0.15) is 278 Å². The third-order valence-corrected chi connectivity index (χ3v) is 12.6. The smallest absolute Gasteiger partial charge is 0.306 e. The molecule has 5 nitrogen and oxygen atoms in total. The molecule has 0 bridgehead atoms. The summed E-state index contributed by atoms with van der Waals surface area (Å²) in [4.78, 5) is 25.6. The van der Waals surface area contributed by atoms with Crippen molar-refractivity contribution >= 4 is 11.9 Å². The summed E-state index contributed by atoms with van der Waals surface area (Å²) < 4.78 is 17.5. The van der Waals surface area contributed by atoms with Gasteiger partial charge in [-0.15, -0.1) is 0 Å². The Morgan fingerprint density at radius 3 is 1.03 bits per heavy atom. The van der Waals surface area contributed by atoms with Crippen LogP contribution in [-0.4, -0.2) is 37.9 Å². The first-order valence-electron chi connectivity index (χ1n) is 29.8. The largest absolute Gasteiger partial charge is 0.462 e. The molecule has 70 heavy (non-hydrogen) atoms. The Hall–Kier alpha value is -3.18. The first-order valence-corrected chi connectivity index (χ1v) is 29.8. The van der Waals surface area contributed by atoms with Gasteiger partial charge in [0.1, 0.15) is 6.61 Å². The molecule has 0 rings (SSSR count). The summed E-state index contributed by atoms with van der Waals surface area (Å²) in [5.74, 6) is -0.423. The Morgan fingerprint density at radius 2 is 0.643 bits per heavy atom. The van der Waals surface area contributed by atoms with Crippen LogP contribution in [0.2, 0.25) is 0 Å². The number of carbonyl (C=O) groups excluding carboxylic acids is 2. The second kappa shape index (κ2) is 60.1. The van der Waals surface area contributed by atoms with Crippen LogP contribution in [0, 0.1) is 0 Å². The van der Waals surface area contributed by atoms with E-state index in [0.29, 0.717) is 19.4 Å². The molecular formula is C65H112O5. The van der Waals surface area contributed by atoms with E-state index in [1.165, 1.54) is 128 Å². The van der Waals surface area contributed by atoms with E-state index >= 15 is 0 Å². The maximum absolute atomic E-state index is 12.9. The molecule has 5 heteroatoms.